The fraction of sp³-hybridized carbons (Fsp3) is 0.658. The highest BCUT2D eigenvalue weighted by atomic mass is 16.2. The van der Waals surface area contributed by atoms with E-state index in [0.29, 0.717) is 5.56 Å². The minimum Gasteiger partial charge on any atom is -0.354 e. The summed E-state index contributed by atoms with van der Waals surface area (Å²) in [5, 5.41) is 22.0. The lowest BCUT2D eigenvalue weighted by atomic mass is 10.00. The second kappa shape index (κ2) is 24.8. The molecule has 1 aliphatic heterocycles. The molecule has 1 heterocycles. The van der Waals surface area contributed by atoms with Gasteiger partial charge < -0.3 is 59.7 Å². The van der Waals surface area contributed by atoms with Crippen LogP contribution in [0.1, 0.15) is 71.8 Å². The van der Waals surface area contributed by atoms with Gasteiger partial charge in [0.2, 0.25) is 41.4 Å². The van der Waals surface area contributed by atoms with Crippen LogP contribution in [0.3, 0.4) is 0 Å². The molecule has 0 aliphatic carbocycles. The van der Waals surface area contributed by atoms with Crippen molar-refractivity contribution in [3.8, 4) is 0 Å². The number of amides is 7. The molecule has 7 amide bonds. The zero-order valence-electron chi connectivity index (χ0n) is 33.5. The Bertz CT molecular complexity index is 1450. The molecule has 1 fully saturated rings. The van der Waals surface area contributed by atoms with Crippen LogP contribution in [-0.4, -0.2) is 117 Å². The minimum atomic E-state index is -1.21. The number of likely N-dealkylation sites (N-methyl/N-ethyl adjacent to an activating group) is 1. The highest BCUT2D eigenvalue weighted by molar-refractivity contribution is 5.97. The van der Waals surface area contributed by atoms with Crippen LogP contribution in [0.2, 0.25) is 0 Å². The third kappa shape index (κ3) is 16.2. The quantitative estimate of drug-likeness (QED) is 0.0985. The number of rotatable bonds is 13. The van der Waals surface area contributed by atoms with Crippen LogP contribution < -0.4 is 59.7 Å². The summed E-state index contributed by atoms with van der Waals surface area (Å²) in [6.45, 7) is 7.61. The van der Waals surface area contributed by atoms with Crippen LogP contribution in [0.25, 0.3) is 0 Å². The van der Waals surface area contributed by atoms with Crippen molar-refractivity contribution in [3.05, 3.63) is 35.9 Å². The average molecular weight is 788 g/mol. The van der Waals surface area contributed by atoms with Gasteiger partial charge in [-0.15, -0.1) is 0 Å². The molecule has 1 aromatic rings. The van der Waals surface area contributed by atoms with E-state index < -0.39 is 83.6 Å². The van der Waals surface area contributed by atoms with Crippen LogP contribution in [-0.2, 0) is 40.0 Å². The number of hydrogen-bond donors (Lipinski definition) is 11. The van der Waals surface area contributed by atoms with E-state index in [1.807, 2.05) is 27.7 Å². The molecule has 0 saturated carbocycles. The summed E-state index contributed by atoms with van der Waals surface area (Å²) >= 11 is 0. The van der Waals surface area contributed by atoms with E-state index in [1.165, 1.54) is 0 Å². The van der Waals surface area contributed by atoms with E-state index in [4.69, 9.17) is 17.2 Å². The van der Waals surface area contributed by atoms with Crippen LogP contribution >= 0.6 is 0 Å². The first-order valence-electron chi connectivity index (χ1n) is 19.5. The number of carbonyl (C=O) groups is 7. The largest absolute Gasteiger partial charge is 0.354 e. The highest BCUT2D eigenvalue weighted by Crippen LogP contribution is 2.11. The monoisotopic (exact) mass is 788 g/mol. The first-order chi connectivity index (χ1) is 26.6. The molecule has 1 saturated heterocycles. The summed E-state index contributed by atoms with van der Waals surface area (Å²) in [5.74, 6) is -4.47. The molecule has 18 heteroatoms. The minimum absolute atomic E-state index is 0.00410. The van der Waals surface area contributed by atoms with Crippen molar-refractivity contribution in [2.45, 2.75) is 115 Å². The van der Waals surface area contributed by atoms with Crippen molar-refractivity contribution >= 4 is 41.4 Å². The van der Waals surface area contributed by atoms with Gasteiger partial charge in [-0.2, -0.15) is 0 Å². The molecular weight excluding hydrogens is 722 g/mol. The predicted octanol–water partition coefficient (Wildman–Crippen LogP) is -2.62. The van der Waals surface area contributed by atoms with E-state index in [-0.39, 0.29) is 83.0 Å². The van der Waals surface area contributed by atoms with Gasteiger partial charge in [-0.05, 0) is 82.6 Å². The molecule has 0 radical (unpaired) electrons. The zero-order chi connectivity index (χ0) is 41.8. The molecule has 0 spiro atoms. The van der Waals surface area contributed by atoms with Gasteiger partial charge in [0.05, 0.1) is 6.04 Å². The maximum absolute atomic E-state index is 14.0. The standard InChI is InChI=1S/C38H65N11O7/c1-22(2)19-29-32(50)43-18-14-25(42-5)33(51)44-27(12-16-40)36(54)48-30(20-23(3)4)37(55)49-31(21-24-9-7-6-8-10-24)38(56)46-26(11-15-39)34(52)45-28(13-17-41)35(53)47-29/h6-10,22-23,25-31,42H,11-21,39-41H2,1-5H3,(H,43,50)(H,44,51)(H,45,52)(H,46,56)(H,47,53)(H,48,54)(H,49,55). The third-order valence-electron chi connectivity index (χ3n) is 9.26. The zero-order valence-corrected chi connectivity index (χ0v) is 33.5. The fourth-order valence-corrected chi connectivity index (χ4v) is 6.27. The Kier molecular flexibility index (Phi) is 21.0. The van der Waals surface area contributed by atoms with Gasteiger partial charge in [0, 0.05) is 13.0 Å². The van der Waals surface area contributed by atoms with Crippen molar-refractivity contribution in [1.82, 2.24) is 42.5 Å². The lowest BCUT2D eigenvalue weighted by molar-refractivity contribution is -0.135. The molecule has 0 bridgehead atoms. The summed E-state index contributed by atoms with van der Waals surface area (Å²) < 4.78 is 0. The average Bonchev–Trinajstić information content (AvgIpc) is 3.14. The Labute approximate surface area is 330 Å². The second-order valence-corrected chi connectivity index (χ2v) is 15.0. The Balaban J connectivity index is 2.62. The molecule has 314 valence electrons. The fourth-order valence-electron chi connectivity index (χ4n) is 6.27. The highest BCUT2D eigenvalue weighted by Gasteiger charge is 2.34. The summed E-state index contributed by atoms with van der Waals surface area (Å²) in [4.78, 5) is 95.9. The van der Waals surface area contributed by atoms with Gasteiger partial charge in [-0.3, -0.25) is 33.6 Å². The topological polar surface area (TPSA) is 294 Å². The predicted molar refractivity (Wildman–Crippen MR) is 212 cm³/mol. The lowest BCUT2D eigenvalue weighted by Crippen LogP contribution is -2.60. The smallest absolute Gasteiger partial charge is 0.243 e. The lowest BCUT2D eigenvalue weighted by Gasteiger charge is -2.28. The summed E-state index contributed by atoms with van der Waals surface area (Å²) in [5.41, 5.74) is 18.2. The summed E-state index contributed by atoms with van der Waals surface area (Å²) in [6, 6.07) is 1.32. The second-order valence-electron chi connectivity index (χ2n) is 15.0. The summed E-state index contributed by atoms with van der Waals surface area (Å²) in [7, 11) is 1.56. The SMILES string of the molecule is CNC1CCNC(=O)C(CC(C)C)NC(=O)C(CCN)NC(=O)C(CCN)NC(=O)C(Cc2ccccc2)NC(=O)C(CC(C)C)NC(=O)C(CCN)NC1=O. The maximum Gasteiger partial charge on any atom is 0.243 e. The van der Waals surface area contributed by atoms with Crippen molar-refractivity contribution in [2.75, 3.05) is 33.2 Å². The molecule has 18 nitrogen and oxygen atoms in total. The van der Waals surface area contributed by atoms with Crippen molar-refractivity contribution in [2.24, 2.45) is 29.0 Å². The van der Waals surface area contributed by atoms with Crippen LogP contribution in [0, 0.1) is 11.8 Å². The van der Waals surface area contributed by atoms with Gasteiger partial charge in [0.15, 0.2) is 0 Å². The Morgan fingerprint density at radius 2 is 0.929 bits per heavy atom. The molecule has 2 rings (SSSR count). The van der Waals surface area contributed by atoms with Gasteiger partial charge >= 0.3 is 0 Å². The van der Waals surface area contributed by atoms with Crippen LogP contribution in [0.15, 0.2) is 30.3 Å². The molecule has 7 unspecified atom stereocenters. The van der Waals surface area contributed by atoms with E-state index in [9.17, 15) is 33.6 Å². The molecular formula is C38H65N11O7. The van der Waals surface area contributed by atoms with E-state index in [0.717, 1.165) is 0 Å². The van der Waals surface area contributed by atoms with Crippen molar-refractivity contribution < 1.29 is 33.6 Å². The Hall–Kier alpha value is -4.65. The number of carbonyl (C=O) groups excluding carboxylic acids is 7. The van der Waals surface area contributed by atoms with E-state index in [2.05, 4.69) is 42.5 Å². The van der Waals surface area contributed by atoms with Crippen molar-refractivity contribution in [3.63, 3.8) is 0 Å². The maximum atomic E-state index is 14.0. The normalized spacial score (nSPS) is 25.7. The summed E-state index contributed by atoms with van der Waals surface area (Å²) in [6.07, 6.45) is 0.705. The first kappa shape index (κ1) is 47.5. The van der Waals surface area contributed by atoms with Crippen LogP contribution in [0.4, 0.5) is 0 Å². The molecule has 56 heavy (non-hydrogen) atoms. The molecule has 0 aromatic heterocycles. The Morgan fingerprint density at radius 1 is 0.554 bits per heavy atom. The number of nitrogens with one attached hydrogen (secondary N) is 8. The number of benzene rings is 1. The third-order valence-corrected chi connectivity index (χ3v) is 9.26. The first-order valence-corrected chi connectivity index (χ1v) is 19.5. The van der Waals surface area contributed by atoms with Gasteiger partial charge in [-0.25, -0.2) is 0 Å². The molecule has 14 N–H and O–H groups in total. The molecule has 1 aliphatic rings. The van der Waals surface area contributed by atoms with Crippen LogP contribution in [0.5, 0.6) is 0 Å². The van der Waals surface area contributed by atoms with E-state index in [1.54, 1.807) is 37.4 Å². The number of hydrogen-bond acceptors (Lipinski definition) is 11. The van der Waals surface area contributed by atoms with E-state index >= 15 is 0 Å². The number of nitrogens with two attached hydrogens (primary N) is 3. The Morgan fingerprint density at radius 3 is 1.36 bits per heavy atom. The van der Waals surface area contributed by atoms with Crippen molar-refractivity contribution in [1.29, 1.82) is 0 Å². The van der Waals surface area contributed by atoms with Gasteiger partial charge in [-0.1, -0.05) is 58.0 Å². The molecule has 1 aromatic carbocycles. The van der Waals surface area contributed by atoms with Gasteiger partial charge in [0.25, 0.3) is 0 Å². The molecule has 7 atom stereocenters. The van der Waals surface area contributed by atoms with Gasteiger partial charge in [0.1, 0.15) is 36.3 Å².